The molecule has 0 unspecified atom stereocenters. The number of aryl methyl sites for hydroxylation is 1. The Bertz CT molecular complexity index is 805. The summed E-state index contributed by atoms with van der Waals surface area (Å²) < 4.78 is 33.9. The number of pyridine rings is 1. The molecule has 128 valence electrons. The molecule has 7 heteroatoms. The molecule has 2 aromatic rings. The molecule has 0 radical (unpaired) electrons. The fourth-order valence-electron chi connectivity index (χ4n) is 2.28. The molecule has 0 aliphatic carbocycles. The average Bonchev–Trinajstić information content (AvgIpc) is 2.54. The summed E-state index contributed by atoms with van der Waals surface area (Å²) in [4.78, 5) is 0. The smallest absolute Gasteiger partial charge is 0.177 e. The third-order valence-electron chi connectivity index (χ3n) is 3.52. The van der Waals surface area contributed by atoms with Gasteiger partial charge >= 0.3 is 0 Å². The van der Waals surface area contributed by atoms with Crippen molar-refractivity contribution >= 4 is 21.5 Å². The number of aromatic nitrogens is 1. The van der Waals surface area contributed by atoms with Crippen molar-refractivity contribution in [2.24, 2.45) is 5.10 Å². The lowest BCUT2D eigenvalue weighted by Crippen LogP contribution is -2.34. The highest BCUT2D eigenvalue weighted by molar-refractivity contribution is 7.85. The number of hydrogen-bond donors (Lipinski definition) is 0. The maximum Gasteiger partial charge on any atom is 0.177 e. The van der Waals surface area contributed by atoms with E-state index in [-0.39, 0.29) is 5.75 Å². The van der Waals surface area contributed by atoms with E-state index in [1.807, 2.05) is 73.4 Å². The van der Waals surface area contributed by atoms with Crippen molar-refractivity contribution < 1.29 is 17.5 Å². The van der Waals surface area contributed by atoms with Crippen molar-refractivity contribution in [1.29, 1.82) is 0 Å². The van der Waals surface area contributed by atoms with Gasteiger partial charge in [-0.1, -0.05) is 18.2 Å². The molecule has 24 heavy (non-hydrogen) atoms. The van der Waals surface area contributed by atoms with Gasteiger partial charge < -0.3 is 4.55 Å². The summed E-state index contributed by atoms with van der Waals surface area (Å²) in [6.07, 6.45) is 4.03. The quantitative estimate of drug-likeness (QED) is 0.331. The highest BCUT2D eigenvalue weighted by atomic mass is 32.2. The van der Waals surface area contributed by atoms with Crippen molar-refractivity contribution in [2.45, 2.75) is 19.9 Å². The standard InChI is InChI=1S/C17H21N3O3S/c1-15(18-19(2)17-9-4-3-5-10-17)16-8-6-11-20(14-16)12-7-13-24(21,22)23/h3-6,8-11,14H,7,12-13H2,1-2H3/b18-15-. The van der Waals surface area contributed by atoms with Gasteiger partial charge in [-0.15, -0.1) is 0 Å². The summed E-state index contributed by atoms with van der Waals surface area (Å²) in [6, 6.07) is 13.6. The molecule has 6 nitrogen and oxygen atoms in total. The zero-order valence-electron chi connectivity index (χ0n) is 13.8. The largest absolute Gasteiger partial charge is 0.748 e. The fraction of sp³-hybridized carbons (Fsp3) is 0.294. The van der Waals surface area contributed by atoms with E-state index in [0.29, 0.717) is 13.0 Å². The Balaban J connectivity index is 2.08. The number of rotatable bonds is 7. The van der Waals surface area contributed by atoms with Gasteiger partial charge in [-0.2, -0.15) is 5.10 Å². The van der Waals surface area contributed by atoms with Gasteiger partial charge in [0.1, 0.15) is 6.54 Å². The molecule has 2 rings (SSSR count). The summed E-state index contributed by atoms with van der Waals surface area (Å²) in [5.41, 5.74) is 2.76. The van der Waals surface area contributed by atoms with Crippen molar-refractivity contribution in [3.63, 3.8) is 0 Å². The van der Waals surface area contributed by atoms with Crippen LogP contribution in [0.4, 0.5) is 5.69 Å². The van der Waals surface area contributed by atoms with Gasteiger partial charge in [0.15, 0.2) is 12.4 Å². The second-order valence-electron chi connectivity index (χ2n) is 5.49. The minimum absolute atomic E-state index is 0.292. The molecule has 0 saturated heterocycles. The van der Waals surface area contributed by atoms with Gasteiger partial charge in [-0.25, -0.2) is 13.0 Å². The monoisotopic (exact) mass is 347 g/mol. The molecule has 0 N–H and O–H groups in total. The van der Waals surface area contributed by atoms with Crippen LogP contribution < -0.4 is 9.58 Å². The number of nitrogens with zero attached hydrogens (tertiary/aromatic N) is 3. The molecular weight excluding hydrogens is 326 g/mol. The number of hydrazone groups is 1. The molecule has 0 saturated carbocycles. The minimum atomic E-state index is -4.16. The number of hydrogen-bond acceptors (Lipinski definition) is 5. The van der Waals surface area contributed by atoms with Crippen LogP contribution in [0.15, 0.2) is 60.0 Å². The van der Waals surface area contributed by atoms with Crippen LogP contribution in [0.1, 0.15) is 18.9 Å². The third kappa shape index (κ3) is 5.75. The van der Waals surface area contributed by atoms with Crippen LogP contribution in [0.3, 0.4) is 0 Å². The first-order chi connectivity index (χ1) is 11.3. The van der Waals surface area contributed by atoms with Crippen molar-refractivity contribution in [3.8, 4) is 0 Å². The predicted octanol–water partition coefficient (Wildman–Crippen LogP) is 1.77. The van der Waals surface area contributed by atoms with Crippen molar-refractivity contribution in [2.75, 3.05) is 17.8 Å². The molecule has 0 aliphatic rings. The molecule has 0 amide bonds. The maximum atomic E-state index is 10.7. The van der Waals surface area contributed by atoms with E-state index in [2.05, 4.69) is 5.10 Å². The van der Waals surface area contributed by atoms with Gasteiger partial charge in [0.25, 0.3) is 0 Å². The zero-order valence-corrected chi connectivity index (χ0v) is 14.6. The highest BCUT2D eigenvalue weighted by Gasteiger charge is 2.08. The Morgan fingerprint density at radius 3 is 2.58 bits per heavy atom. The van der Waals surface area contributed by atoms with Crippen LogP contribution in [0.25, 0.3) is 0 Å². The second-order valence-corrected chi connectivity index (χ2v) is 7.01. The Labute approximate surface area is 142 Å². The molecule has 0 bridgehead atoms. The predicted molar refractivity (Wildman–Crippen MR) is 92.9 cm³/mol. The van der Waals surface area contributed by atoms with Crippen LogP contribution in [0.5, 0.6) is 0 Å². The van der Waals surface area contributed by atoms with Gasteiger partial charge in [0.2, 0.25) is 0 Å². The van der Waals surface area contributed by atoms with E-state index < -0.39 is 10.1 Å². The van der Waals surface area contributed by atoms with E-state index in [9.17, 15) is 13.0 Å². The molecule has 1 aromatic heterocycles. The Morgan fingerprint density at radius 1 is 1.21 bits per heavy atom. The van der Waals surface area contributed by atoms with Crippen LogP contribution in [-0.4, -0.2) is 31.5 Å². The SMILES string of the molecule is C/C(=N/N(C)c1ccccc1)c1ccc[n+](CCCS(=O)(=O)[O-])c1. The molecule has 0 fully saturated rings. The molecular formula is C17H21N3O3S. The van der Waals surface area contributed by atoms with E-state index >= 15 is 0 Å². The Hall–Kier alpha value is -2.25. The first-order valence-corrected chi connectivity index (χ1v) is 9.20. The number of benzene rings is 1. The Kier molecular flexibility index (Phi) is 6.05. The average molecular weight is 347 g/mol. The van der Waals surface area contributed by atoms with E-state index in [4.69, 9.17) is 0 Å². The van der Waals surface area contributed by atoms with Crippen LogP contribution in [0, 0.1) is 0 Å². The fourth-order valence-corrected chi connectivity index (χ4v) is 2.77. The molecule has 1 heterocycles. The lowest BCUT2D eigenvalue weighted by Gasteiger charge is -2.14. The topological polar surface area (TPSA) is 76.7 Å². The first-order valence-electron chi connectivity index (χ1n) is 7.62. The van der Waals surface area contributed by atoms with Crippen molar-refractivity contribution in [1.82, 2.24) is 0 Å². The normalized spacial score (nSPS) is 12.2. The van der Waals surface area contributed by atoms with Gasteiger partial charge in [0.05, 0.1) is 27.1 Å². The lowest BCUT2D eigenvalue weighted by molar-refractivity contribution is -0.696. The van der Waals surface area contributed by atoms with Crippen molar-refractivity contribution in [3.05, 3.63) is 60.4 Å². The third-order valence-corrected chi connectivity index (χ3v) is 4.31. The van der Waals surface area contributed by atoms with E-state index in [0.717, 1.165) is 17.0 Å². The summed E-state index contributed by atoms with van der Waals surface area (Å²) in [6.45, 7) is 2.39. The van der Waals surface area contributed by atoms with Crippen LogP contribution in [0.2, 0.25) is 0 Å². The number of para-hydroxylation sites is 1. The summed E-state index contributed by atoms with van der Waals surface area (Å²) in [5, 5.41) is 6.37. The van der Waals surface area contributed by atoms with E-state index in [1.54, 1.807) is 5.01 Å². The van der Waals surface area contributed by atoms with Gasteiger partial charge in [-0.05, 0) is 25.1 Å². The molecule has 0 aliphatic heterocycles. The highest BCUT2D eigenvalue weighted by Crippen LogP contribution is 2.12. The molecule has 1 aromatic carbocycles. The van der Waals surface area contributed by atoms with Gasteiger partial charge in [0, 0.05) is 25.3 Å². The lowest BCUT2D eigenvalue weighted by atomic mass is 10.2. The number of anilines is 1. The minimum Gasteiger partial charge on any atom is -0.748 e. The Morgan fingerprint density at radius 2 is 1.92 bits per heavy atom. The first kappa shape index (κ1) is 18.1. The van der Waals surface area contributed by atoms with Gasteiger partial charge in [-0.3, -0.25) is 5.01 Å². The summed E-state index contributed by atoms with van der Waals surface area (Å²) in [7, 11) is -2.28. The van der Waals surface area contributed by atoms with E-state index in [1.165, 1.54) is 0 Å². The van der Waals surface area contributed by atoms with Crippen LogP contribution >= 0.6 is 0 Å². The summed E-state index contributed by atoms with van der Waals surface area (Å²) >= 11 is 0. The zero-order chi connectivity index (χ0) is 17.6. The maximum absolute atomic E-state index is 10.7. The molecule has 0 atom stereocenters. The van der Waals surface area contributed by atoms with Crippen LogP contribution in [-0.2, 0) is 16.7 Å². The molecule has 0 spiro atoms. The summed E-state index contributed by atoms with van der Waals surface area (Å²) in [5.74, 6) is -0.353. The second kappa shape index (κ2) is 8.03.